The van der Waals surface area contributed by atoms with Crippen LogP contribution in [0.25, 0.3) is 0 Å². The Bertz CT molecular complexity index is 558. The van der Waals surface area contributed by atoms with Crippen molar-refractivity contribution in [3.8, 4) is 0 Å². The summed E-state index contributed by atoms with van der Waals surface area (Å²) in [5, 5.41) is 8.88. The predicted octanol–water partition coefficient (Wildman–Crippen LogP) is 3.06. The molecule has 1 atom stereocenters. The molecule has 0 aliphatic carbocycles. The van der Waals surface area contributed by atoms with Crippen LogP contribution in [-0.2, 0) is 14.3 Å². The van der Waals surface area contributed by atoms with Crippen molar-refractivity contribution >= 4 is 10.1 Å². The van der Waals surface area contributed by atoms with E-state index in [1.54, 1.807) is 24.3 Å². The van der Waals surface area contributed by atoms with Crippen LogP contribution in [0.5, 0.6) is 0 Å². The van der Waals surface area contributed by atoms with Crippen LogP contribution in [0.1, 0.15) is 32.3 Å². The second-order valence-electron chi connectivity index (χ2n) is 5.44. The first-order valence-electron chi connectivity index (χ1n) is 7.07. The molecule has 1 N–H and O–H groups in total. The molecule has 1 aromatic rings. The zero-order valence-corrected chi connectivity index (χ0v) is 13.7. The highest BCUT2D eigenvalue weighted by molar-refractivity contribution is 7.86. The molecule has 0 aliphatic rings. The summed E-state index contributed by atoms with van der Waals surface area (Å²) >= 11 is 0. The van der Waals surface area contributed by atoms with Crippen molar-refractivity contribution < 1.29 is 17.7 Å². The lowest BCUT2D eigenvalue weighted by Gasteiger charge is -2.11. The molecule has 0 heterocycles. The summed E-state index contributed by atoms with van der Waals surface area (Å²) in [6.07, 6.45) is 3.59. The Labute approximate surface area is 127 Å². The maximum Gasteiger partial charge on any atom is 0.296 e. The van der Waals surface area contributed by atoms with Gasteiger partial charge in [-0.25, -0.2) is 0 Å². The molecule has 21 heavy (non-hydrogen) atoms. The lowest BCUT2D eigenvalue weighted by atomic mass is 10.1. The minimum atomic E-state index is -3.67. The first-order chi connectivity index (χ1) is 9.85. The molecular weight excluding hydrogens is 288 g/mol. The minimum absolute atomic E-state index is 0.0622. The fraction of sp³-hybridized carbons (Fsp3) is 0.500. The zero-order chi connectivity index (χ0) is 15.9. The lowest BCUT2D eigenvalue weighted by Crippen LogP contribution is -2.12. The molecule has 4 nitrogen and oxygen atoms in total. The van der Waals surface area contributed by atoms with Crippen molar-refractivity contribution in [2.24, 2.45) is 5.92 Å². The highest BCUT2D eigenvalue weighted by Gasteiger charge is 2.16. The van der Waals surface area contributed by atoms with Crippen molar-refractivity contribution in [3.63, 3.8) is 0 Å². The minimum Gasteiger partial charge on any atom is -0.392 e. The molecule has 0 spiro atoms. The van der Waals surface area contributed by atoms with E-state index in [9.17, 15) is 8.42 Å². The molecule has 0 bridgehead atoms. The van der Waals surface area contributed by atoms with Gasteiger partial charge in [0.05, 0.1) is 18.1 Å². The van der Waals surface area contributed by atoms with Gasteiger partial charge < -0.3 is 5.11 Å². The Morgan fingerprint density at radius 1 is 1.33 bits per heavy atom. The van der Waals surface area contributed by atoms with Crippen LogP contribution in [-0.4, -0.2) is 26.7 Å². The van der Waals surface area contributed by atoms with Crippen LogP contribution >= 0.6 is 0 Å². The second-order valence-corrected chi connectivity index (χ2v) is 7.06. The van der Waals surface area contributed by atoms with Gasteiger partial charge in [-0.15, -0.1) is 0 Å². The topological polar surface area (TPSA) is 63.6 Å². The first-order valence-corrected chi connectivity index (χ1v) is 8.48. The fourth-order valence-electron chi connectivity index (χ4n) is 1.74. The lowest BCUT2D eigenvalue weighted by molar-refractivity contribution is 0.258. The van der Waals surface area contributed by atoms with E-state index in [4.69, 9.17) is 9.29 Å². The van der Waals surface area contributed by atoms with Gasteiger partial charge in [0.2, 0.25) is 0 Å². The van der Waals surface area contributed by atoms with Gasteiger partial charge >= 0.3 is 0 Å². The molecule has 1 aromatic carbocycles. The van der Waals surface area contributed by atoms with Gasteiger partial charge in [-0.3, -0.25) is 4.18 Å². The Hall–Kier alpha value is -1.17. The summed E-state index contributed by atoms with van der Waals surface area (Å²) in [5.41, 5.74) is 1.93. The number of aliphatic hydroxyl groups excluding tert-OH is 1. The maximum atomic E-state index is 12.0. The summed E-state index contributed by atoms with van der Waals surface area (Å²) in [7, 11) is -3.67. The number of benzene rings is 1. The van der Waals surface area contributed by atoms with E-state index < -0.39 is 10.1 Å². The van der Waals surface area contributed by atoms with E-state index >= 15 is 0 Å². The number of aliphatic hydroxyl groups is 1. The molecule has 0 saturated heterocycles. The van der Waals surface area contributed by atoms with Crippen LogP contribution in [0.15, 0.2) is 40.8 Å². The Morgan fingerprint density at radius 2 is 1.95 bits per heavy atom. The molecule has 0 amide bonds. The maximum absolute atomic E-state index is 12.0. The number of rotatable bonds is 8. The normalized spacial score (nSPS) is 14.2. The van der Waals surface area contributed by atoms with Crippen LogP contribution < -0.4 is 0 Å². The van der Waals surface area contributed by atoms with Gasteiger partial charge in [0.15, 0.2) is 0 Å². The van der Waals surface area contributed by atoms with Gasteiger partial charge in [0.25, 0.3) is 10.1 Å². The fourth-order valence-corrected chi connectivity index (χ4v) is 2.76. The van der Waals surface area contributed by atoms with Crippen LogP contribution in [0, 0.1) is 12.8 Å². The van der Waals surface area contributed by atoms with Crippen molar-refractivity contribution in [1.29, 1.82) is 0 Å². The van der Waals surface area contributed by atoms with Gasteiger partial charge in [0, 0.05) is 0 Å². The van der Waals surface area contributed by atoms with E-state index in [1.807, 2.05) is 26.8 Å². The molecule has 0 unspecified atom stereocenters. The third-order valence-corrected chi connectivity index (χ3v) is 4.51. The number of aryl methyl sites for hydroxylation is 1. The summed E-state index contributed by atoms with van der Waals surface area (Å²) in [4.78, 5) is 0.191. The molecule has 0 aromatic heterocycles. The van der Waals surface area contributed by atoms with Gasteiger partial charge in [-0.05, 0) is 44.7 Å². The quantitative estimate of drug-likeness (QED) is 0.592. The SMILES string of the molecule is C/C(=C\CC[C@@H](C)COS(=O)(=O)c1ccc(C)cc1)CO. The molecule has 5 heteroatoms. The third-order valence-electron chi connectivity index (χ3n) is 3.22. The highest BCUT2D eigenvalue weighted by Crippen LogP contribution is 2.16. The Balaban J connectivity index is 2.48. The average molecular weight is 312 g/mol. The summed E-state index contributed by atoms with van der Waals surface area (Å²) < 4.78 is 29.1. The summed E-state index contributed by atoms with van der Waals surface area (Å²) in [5.74, 6) is 0.132. The van der Waals surface area contributed by atoms with Crippen molar-refractivity contribution in [3.05, 3.63) is 41.5 Å². The van der Waals surface area contributed by atoms with Crippen LogP contribution in [0.4, 0.5) is 0 Å². The molecular formula is C16H24O4S. The second kappa shape index (κ2) is 8.32. The molecule has 0 saturated carbocycles. The van der Waals surface area contributed by atoms with Gasteiger partial charge in [-0.2, -0.15) is 8.42 Å². The number of hydrogen-bond acceptors (Lipinski definition) is 4. The van der Waals surface area contributed by atoms with E-state index in [1.165, 1.54) is 0 Å². The van der Waals surface area contributed by atoms with Crippen molar-refractivity contribution in [2.45, 2.75) is 38.5 Å². The van der Waals surface area contributed by atoms with Crippen LogP contribution in [0.2, 0.25) is 0 Å². The van der Waals surface area contributed by atoms with Crippen molar-refractivity contribution in [1.82, 2.24) is 0 Å². The summed E-state index contributed by atoms with van der Waals surface area (Å²) in [6, 6.07) is 6.62. The standard InChI is InChI=1S/C16H24O4S/c1-13-7-9-16(10-8-13)21(18,19)20-12-15(3)6-4-5-14(2)11-17/h5,7-10,15,17H,4,6,11-12H2,1-3H3/b14-5+/t15-/m1/s1. The zero-order valence-electron chi connectivity index (χ0n) is 12.9. The van der Waals surface area contributed by atoms with Gasteiger partial charge in [0.1, 0.15) is 0 Å². The predicted molar refractivity (Wildman–Crippen MR) is 83.6 cm³/mol. The van der Waals surface area contributed by atoms with Crippen LogP contribution in [0.3, 0.4) is 0 Å². The third kappa shape index (κ3) is 6.42. The van der Waals surface area contributed by atoms with E-state index in [2.05, 4.69) is 0 Å². The highest BCUT2D eigenvalue weighted by atomic mass is 32.2. The van der Waals surface area contributed by atoms with Gasteiger partial charge in [-0.1, -0.05) is 36.3 Å². The molecule has 0 fully saturated rings. The Kier molecular flexibility index (Phi) is 7.08. The molecule has 0 aliphatic heterocycles. The molecule has 1 rings (SSSR count). The van der Waals surface area contributed by atoms with E-state index in [-0.39, 0.29) is 24.0 Å². The summed E-state index contributed by atoms with van der Waals surface area (Å²) in [6.45, 7) is 5.95. The Morgan fingerprint density at radius 3 is 2.52 bits per heavy atom. The molecule has 118 valence electrons. The van der Waals surface area contributed by atoms with E-state index in [0.717, 1.165) is 24.0 Å². The average Bonchev–Trinajstić information content (AvgIpc) is 2.45. The smallest absolute Gasteiger partial charge is 0.296 e. The largest absolute Gasteiger partial charge is 0.392 e. The number of hydrogen-bond donors (Lipinski definition) is 1. The number of allylic oxidation sites excluding steroid dienone is 1. The van der Waals surface area contributed by atoms with Crippen molar-refractivity contribution in [2.75, 3.05) is 13.2 Å². The monoisotopic (exact) mass is 312 g/mol. The van der Waals surface area contributed by atoms with E-state index in [0.29, 0.717) is 0 Å². The molecule has 0 radical (unpaired) electrons. The first kappa shape index (κ1) is 17.9.